The summed E-state index contributed by atoms with van der Waals surface area (Å²) in [5.74, 6) is -0.519. The fourth-order valence-corrected chi connectivity index (χ4v) is 3.87. The van der Waals surface area contributed by atoms with Crippen LogP contribution in [-0.2, 0) is 20.8 Å². The molecule has 1 aromatic carbocycles. The third-order valence-corrected chi connectivity index (χ3v) is 5.45. The zero-order chi connectivity index (χ0) is 25.1. The first-order chi connectivity index (χ1) is 16.8. The molecule has 2 aromatic heterocycles. The fourth-order valence-electron chi connectivity index (χ4n) is 3.54. The molecule has 4 rings (SSSR count). The van der Waals surface area contributed by atoms with Crippen molar-refractivity contribution in [1.82, 2.24) is 24.8 Å². The number of nitrogens with zero attached hydrogens (tertiary/aromatic N) is 4. The van der Waals surface area contributed by atoms with Gasteiger partial charge in [0, 0.05) is 12.2 Å². The Morgan fingerprint density at radius 3 is 2.66 bits per heavy atom. The third-order valence-electron chi connectivity index (χ3n) is 5.04. The summed E-state index contributed by atoms with van der Waals surface area (Å²) >= 11 is -2.27. The summed E-state index contributed by atoms with van der Waals surface area (Å²) in [6.45, 7) is 2.04. The number of likely N-dealkylation sites (N-methyl/N-ethyl adjacent to an activating group) is 1. The molecule has 3 amide bonds. The van der Waals surface area contributed by atoms with E-state index in [9.17, 15) is 24.0 Å². The number of ether oxygens (including phenoxy) is 1. The summed E-state index contributed by atoms with van der Waals surface area (Å²) in [4.78, 5) is 37.0. The van der Waals surface area contributed by atoms with Crippen molar-refractivity contribution >= 4 is 51.6 Å². The predicted molar refractivity (Wildman–Crippen MR) is 123 cm³/mol. The van der Waals surface area contributed by atoms with Gasteiger partial charge in [-0.25, -0.2) is 24.0 Å². The van der Waals surface area contributed by atoms with E-state index in [0.29, 0.717) is 17.9 Å². The van der Waals surface area contributed by atoms with Gasteiger partial charge in [0.05, 0.1) is 12.0 Å². The number of anilines is 3. The Balaban J connectivity index is 1.52. The third kappa shape index (κ3) is 5.20. The second-order valence-electron chi connectivity index (χ2n) is 7.38. The lowest BCUT2D eigenvalue weighted by molar-refractivity contribution is -0.137. The molecule has 3 heterocycles. The lowest BCUT2D eigenvalue weighted by atomic mass is 10.1. The van der Waals surface area contributed by atoms with E-state index in [0.717, 1.165) is 6.33 Å². The van der Waals surface area contributed by atoms with E-state index >= 15 is 0 Å². The molecule has 0 spiro atoms. The normalized spacial score (nSPS) is 22.5. The van der Waals surface area contributed by atoms with Gasteiger partial charge in [0.1, 0.15) is 18.5 Å². The summed E-state index contributed by atoms with van der Waals surface area (Å²) in [5, 5.41) is 28.4. The smallest absolute Gasteiger partial charge is 0.324 e. The van der Waals surface area contributed by atoms with Crippen molar-refractivity contribution in [2.45, 2.75) is 31.5 Å². The van der Waals surface area contributed by atoms with Gasteiger partial charge in [0.2, 0.25) is 0 Å². The first-order valence-electron chi connectivity index (χ1n) is 10.3. The average molecular weight is 507 g/mol. The van der Waals surface area contributed by atoms with Crippen LogP contribution in [-0.4, -0.2) is 75.3 Å². The molecule has 1 aliphatic rings. The number of carbonyl (C=O) groups is 2. The Hall–Kier alpha value is -3.70. The highest BCUT2D eigenvalue weighted by Gasteiger charge is 2.47. The van der Waals surface area contributed by atoms with Crippen molar-refractivity contribution < 1.29 is 33.3 Å². The Labute approximate surface area is 200 Å². The molecule has 5 atom stereocenters. The number of aliphatic hydroxyl groups is 2. The molecule has 3 aromatic rings. The van der Waals surface area contributed by atoms with Crippen molar-refractivity contribution in [2.75, 3.05) is 21.9 Å². The molecular weight excluding hydrogens is 484 g/mol. The van der Waals surface area contributed by atoms with Crippen molar-refractivity contribution in [3.05, 3.63) is 36.9 Å². The van der Waals surface area contributed by atoms with Crippen LogP contribution in [0.1, 0.15) is 13.2 Å². The van der Waals surface area contributed by atoms with Crippen LogP contribution in [0.4, 0.5) is 22.0 Å². The zero-order valence-electron chi connectivity index (χ0n) is 18.2. The number of aliphatic hydroxyl groups excluding tert-OH is 2. The minimum absolute atomic E-state index is 0.0466. The molecule has 1 fully saturated rings. The number of carbonyl (C=O) groups excluding carboxylic acids is 2. The van der Waals surface area contributed by atoms with Gasteiger partial charge in [-0.3, -0.25) is 24.0 Å². The van der Waals surface area contributed by atoms with Gasteiger partial charge in [-0.2, -0.15) is 0 Å². The number of fused-ring (bicyclic) bond motifs is 1. The van der Waals surface area contributed by atoms with Crippen LogP contribution >= 0.6 is 0 Å². The Kier molecular flexibility index (Phi) is 7.17. The molecule has 0 bridgehead atoms. The molecular formula is C19H22N8O7S. The number of rotatable bonds is 7. The topological polar surface area (TPSA) is 213 Å². The molecule has 0 saturated carbocycles. The highest BCUT2D eigenvalue weighted by atomic mass is 32.2. The van der Waals surface area contributed by atoms with Crippen LogP contribution in [0.5, 0.6) is 0 Å². The highest BCUT2D eigenvalue weighted by Crippen LogP contribution is 2.32. The lowest BCUT2D eigenvalue weighted by Gasteiger charge is -2.16. The summed E-state index contributed by atoms with van der Waals surface area (Å²) < 4.78 is 29.1. The minimum Gasteiger partial charge on any atom is -0.387 e. The highest BCUT2D eigenvalue weighted by molar-refractivity contribution is 7.80. The van der Waals surface area contributed by atoms with Gasteiger partial charge in [-0.15, -0.1) is 0 Å². The molecule has 35 heavy (non-hydrogen) atoms. The molecule has 1 unspecified atom stereocenters. The number of nitrogens with one attached hydrogen (secondary N) is 4. The maximum Gasteiger partial charge on any atom is 0.324 e. The number of hydrogen-bond donors (Lipinski definition) is 7. The number of hydrogen-bond acceptors (Lipinski definition) is 9. The van der Waals surface area contributed by atoms with Crippen molar-refractivity contribution in [1.29, 1.82) is 0 Å². The Morgan fingerprint density at radius 2 is 1.91 bits per heavy atom. The first kappa shape index (κ1) is 24.4. The molecule has 0 radical (unpaired) electrons. The average Bonchev–Trinajstić information content (AvgIpc) is 3.35. The molecule has 186 valence electrons. The van der Waals surface area contributed by atoms with Gasteiger partial charge < -0.3 is 25.6 Å². The second-order valence-corrected chi connectivity index (χ2v) is 8.08. The van der Waals surface area contributed by atoms with E-state index in [-0.39, 0.29) is 17.0 Å². The van der Waals surface area contributed by atoms with Crippen LogP contribution in [0.3, 0.4) is 0 Å². The van der Waals surface area contributed by atoms with Gasteiger partial charge >= 0.3 is 6.03 Å². The molecule has 7 N–H and O–H groups in total. The van der Waals surface area contributed by atoms with E-state index in [1.165, 1.54) is 17.0 Å². The number of imidazole rings is 1. The fraction of sp³-hybridized carbons (Fsp3) is 0.316. The second kappa shape index (κ2) is 10.3. The number of urea groups is 1. The van der Waals surface area contributed by atoms with E-state index in [4.69, 9.17) is 9.29 Å². The summed E-state index contributed by atoms with van der Waals surface area (Å²) in [6.07, 6.45) is -2.91. The Morgan fingerprint density at radius 1 is 1.14 bits per heavy atom. The van der Waals surface area contributed by atoms with E-state index in [1.54, 1.807) is 25.1 Å². The quantitative estimate of drug-likeness (QED) is 0.209. The van der Waals surface area contributed by atoms with Gasteiger partial charge in [0.25, 0.3) is 17.2 Å². The van der Waals surface area contributed by atoms with E-state index < -0.39 is 47.7 Å². The van der Waals surface area contributed by atoms with Crippen LogP contribution in [0.25, 0.3) is 11.2 Å². The van der Waals surface area contributed by atoms with Gasteiger partial charge in [-0.1, -0.05) is 6.07 Å². The molecule has 1 saturated heterocycles. The maximum absolute atomic E-state index is 12.5. The maximum atomic E-state index is 12.5. The molecule has 1 aliphatic heterocycles. The minimum atomic E-state index is -2.27. The van der Waals surface area contributed by atoms with Gasteiger partial charge in [-0.05, 0) is 25.1 Å². The van der Waals surface area contributed by atoms with Crippen LogP contribution < -0.4 is 20.7 Å². The predicted octanol–water partition coefficient (Wildman–Crippen LogP) is -0.226. The van der Waals surface area contributed by atoms with E-state index in [2.05, 4.69) is 35.6 Å². The lowest BCUT2D eigenvalue weighted by Crippen LogP contribution is -2.42. The zero-order valence-corrected chi connectivity index (χ0v) is 19.0. The van der Waals surface area contributed by atoms with Crippen LogP contribution in [0, 0.1) is 0 Å². The number of amides is 3. The van der Waals surface area contributed by atoms with Crippen molar-refractivity contribution in [3.8, 4) is 0 Å². The number of benzene rings is 1. The molecule has 16 heteroatoms. The summed E-state index contributed by atoms with van der Waals surface area (Å²) in [7, 11) is 0. The SMILES string of the molecule is CCNC(=O)[C@H]1O[C@@H](n2cnc3c(NC(=O)Nc4cccc(NS(=O)O)c4)ncnc32)[C@H](O)[C@@H]1O. The summed E-state index contributed by atoms with van der Waals surface area (Å²) in [6, 6.07) is 5.47. The van der Waals surface area contributed by atoms with Crippen molar-refractivity contribution in [2.24, 2.45) is 0 Å². The largest absolute Gasteiger partial charge is 0.387 e. The number of aromatic nitrogens is 4. The van der Waals surface area contributed by atoms with E-state index in [1.807, 2.05) is 0 Å². The Bertz CT molecular complexity index is 1270. The molecule has 0 aliphatic carbocycles. The standard InChI is InChI=1S/C19H22N8O7S/c1-2-20-17(30)14-12(28)13(29)18(34-14)27-8-23-11-15(21-7-22-16(11)27)25-19(31)24-9-4-3-5-10(6-9)26-35(32)33/h3-8,12-14,18,26,28-29H,2H2,1H3,(H,20,30)(H,32,33)(H2,21,22,24,25,31)/t12-,13+,14-,18+/m0/s1. The van der Waals surface area contributed by atoms with Gasteiger partial charge in [0.15, 0.2) is 29.3 Å². The molecule has 15 nitrogen and oxygen atoms in total. The monoisotopic (exact) mass is 506 g/mol. The van der Waals surface area contributed by atoms with Crippen LogP contribution in [0.2, 0.25) is 0 Å². The summed E-state index contributed by atoms with van der Waals surface area (Å²) in [5.41, 5.74) is 0.997. The van der Waals surface area contributed by atoms with Crippen LogP contribution in [0.15, 0.2) is 36.9 Å². The first-order valence-corrected chi connectivity index (χ1v) is 11.4. The van der Waals surface area contributed by atoms with Crippen molar-refractivity contribution in [3.63, 3.8) is 0 Å².